The molecule has 33 heavy (non-hydrogen) atoms. The summed E-state index contributed by atoms with van der Waals surface area (Å²) in [5.41, 5.74) is 1.98. The first kappa shape index (κ1) is 21.7. The Labute approximate surface area is 196 Å². The van der Waals surface area contributed by atoms with Gasteiger partial charge in [0.2, 0.25) is 5.91 Å². The van der Waals surface area contributed by atoms with Gasteiger partial charge in [0.1, 0.15) is 5.82 Å². The lowest BCUT2D eigenvalue weighted by molar-refractivity contribution is -0.132. The van der Waals surface area contributed by atoms with E-state index in [1.165, 1.54) is 17.4 Å². The van der Waals surface area contributed by atoms with Crippen molar-refractivity contribution >= 4 is 33.1 Å². The summed E-state index contributed by atoms with van der Waals surface area (Å²) in [4.78, 5) is 18.0. The molecule has 1 saturated carbocycles. The molecule has 4 unspecified atom stereocenters. The zero-order chi connectivity index (χ0) is 23.2. The maximum Gasteiger partial charge on any atom is 0.232 e. The van der Waals surface area contributed by atoms with Gasteiger partial charge < -0.3 is 10.4 Å². The van der Waals surface area contributed by atoms with Crippen molar-refractivity contribution in [2.24, 2.45) is 17.3 Å². The van der Waals surface area contributed by atoms with Crippen LogP contribution < -0.4 is 5.32 Å². The molecule has 4 atom stereocenters. The minimum atomic E-state index is -0.621. The van der Waals surface area contributed by atoms with E-state index in [4.69, 9.17) is 0 Å². The normalized spacial score (nSPS) is 26.5. The number of fused-ring (bicyclic) bond motifs is 3. The van der Waals surface area contributed by atoms with Crippen LogP contribution in [0.4, 0.5) is 9.52 Å². The number of carbonyl (C=O) groups is 1. The number of benzene rings is 2. The van der Waals surface area contributed by atoms with Gasteiger partial charge in [-0.1, -0.05) is 62.1 Å². The summed E-state index contributed by atoms with van der Waals surface area (Å²) in [6.07, 6.45) is 8.40. The molecule has 2 bridgehead atoms. The van der Waals surface area contributed by atoms with Gasteiger partial charge in [-0.2, -0.15) is 0 Å². The van der Waals surface area contributed by atoms with Crippen LogP contribution in [0.3, 0.4) is 0 Å². The van der Waals surface area contributed by atoms with Crippen molar-refractivity contribution in [1.82, 2.24) is 4.98 Å². The number of nitrogens with zero attached hydrogens (tertiary/aromatic N) is 1. The van der Waals surface area contributed by atoms with Crippen LogP contribution in [0.2, 0.25) is 0 Å². The number of nitrogens with one attached hydrogen (secondary N) is 1. The lowest BCUT2D eigenvalue weighted by atomic mass is 9.56. The molecule has 0 saturated heterocycles. The van der Waals surface area contributed by atoms with Crippen molar-refractivity contribution < 1.29 is 14.3 Å². The van der Waals surface area contributed by atoms with Crippen molar-refractivity contribution in [3.05, 3.63) is 84.1 Å². The van der Waals surface area contributed by atoms with E-state index in [-0.39, 0.29) is 23.6 Å². The van der Waals surface area contributed by atoms with E-state index >= 15 is 0 Å². The zero-order valence-corrected chi connectivity index (χ0v) is 19.1. The quantitative estimate of drug-likeness (QED) is 0.451. The number of rotatable bonds is 5. The third-order valence-electron chi connectivity index (χ3n) is 7.06. The smallest absolute Gasteiger partial charge is 0.232 e. The van der Waals surface area contributed by atoms with Crippen LogP contribution in [-0.2, 0) is 4.79 Å². The maximum absolute atomic E-state index is 14.2. The first-order chi connectivity index (χ1) is 15.9. The SMILES string of the molecule is C=C/C=C\C1=CC2CC(O)C1CC2(C)C(=O)Nc1nc(-c2ccc(F)c3ccccc23)cs1. The van der Waals surface area contributed by atoms with Gasteiger partial charge >= 0.3 is 0 Å². The Kier molecular flexibility index (Phi) is 5.51. The zero-order valence-electron chi connectivity index (χ0n) is 18.3. The molecule has 1 fully saturated rings. The van der Waals surface area contributed by atoms with Gasteiger partial charge in [-0.05, 0) is 41.9 Å². The summed E-state index contributed by atoms with van der Waals surface area (Å²) in [6.45, 7) is 5.68. The van der Waals surface area contributed by atoms with Gasteiger partial charge in [-0.3, -0.25) is 4.79 Å². The highest BCUT2D eigenvalue weighted by Gasteiger charge is 2.52. The Bertz CT molecular complexity index is 1310. The largest absolute Gasteiger partial charge is 0.392 e. The molecule has 2 aromatic carbocycles. The number of hydrogen-bond acceptors (Lipinski definition) is 4. The number of thiazole rings is 1. The molecule has 6 heteroatoms. The molecule has 4 nitrogen and oxygen atoms in total. The highest BCUT2D eigenvalue weighted by Crippen LogP contribution is 2.52. The molecular formula is C27H25FN2O2S. The molecule has 168 valence electrons. The maximum atomic E-state index is 14.2. The van der Waals surface area contributed by atoms with Gasteiger partial charge in [0.15, 0.2) is 5.13 Å². The van der Waals surface area contributed by atoms with E-state index < -0.39 is 11.5 Å². The van der Waals surface area contributed by atoms with Crippen molar-refractivity contribution in [3.63, 3.8) is 0 Å². The van der Waals surface area contributed by atoms with Crippen LogP contribution >= 0.6 is 11.3 Å². The van der Waals surface area contributed by atoms with Crippen molar-refractivity contribution in [1.29, 1.82) is 0 Å². The molecule has 3 aliphatic rings. The Balaban J connectivity index is 1.39. The highest BCUT2D eigenvalue weighted by atomic mass is 32.1. The number of carbonyl (C=O) groups excluding carboxylic acids is 1. The highest BCUT2D eigenvalue weighted by molar-refractivity contribution is 7.14. The van der Waals surface area contributed by atoms with Gasteiger partial charge in [-0.15, -0.1) is 11.3 Å². The number of aliphatic hydroxyl groups is 1. The lowest BCUT2D eigenvalue weighted by Gasteiger charge is -2.49. The molecule has 6 rings (SSSR count). The van der Waals surface area contributed by atoms with Crippen molar-refractivity contribution in [2.45, 2.75) is 25.9 Å². The average molecular weight is 461 g/mol. The fraction of sp³-hybridized carbons (Fsp3) is 0.259. The molecule has 0 aliphatic heterocycles. The summed E-state index contributed by atoms with van der Waals surface area (Å²) in [7, 11) is 0. The van der Waals surface area contributed by atoms with Crippen LogP contribution in [0.15, 0.2) is 78.2 Å². The Morgan fingerprint density at radius 3 is 2.85 bits per heavy atom. The summed E-state index contributed by atoms with van der Waals surface area (Å²) in [5, 5.41) is 17.3. The Hall–Kier alpha value is -3.09. The van der Waals surface area contributed by atoms with Crippen LogP contribution in [0.25, 0.3) is 22.0 Å². The standard InChI is InChI=1S/C27H25FN2O2S/c1-3-4-7-16-12-17-13-24(31)21(16)14-27(17,2)25(32)30-26-29-23(15-33-26)20-10-11-22(28)19-9-6-5-8-18(19)20/h3-12,15,17,21,24,31H,1,13-14H2,2H3,(H,29,30,32)/b7-4-. The van der Waals surface area contributed by atoms with Gasteiger partial charge in [0.25, 0.3) is 0 Å². The van der Waals surface area contributed by atoms with E-state index in [0.717, 1.165) is 16.5 Å². The van der Waals surface area contributed by atoms with Crippen LogP contribution in [0.1, 0.15) is 19.8 Å². The van der Waals surface area contributed by atoms with E-state index in [2.05, 4.69) is 23.0 Å². The predicted molar refractivity (Wildman–Crippen MR) is 131 cm³/mol. The Morgan fingerprint density at radius 2 is 2.09 bits per heavy atom. The monoisotopic (exact) mass is 460 g/mol. The number of aliphatic hydroxyl groups excluding tert-OH is 1. The molecule has 0 spiro atoms. The molecule has 1 amide bonds. The van der Waals surface area contributed by atoms with E-state index in [0.29, 0.717) is 29.1 Å². The predicted octanol–water partition coefficient (Wildman–Crippen LogP) is 6.12. The molecule has 3 aliphatic carbocycles. The molecule has 2 N–H and O–H groups in total. The fourth-order valence-corrected chi connectivity index (χ4v) is 5.88. The van der Waals surface area contributed by atoms with Crippen LogP contribution in [0.5, 0.6) is 0 Å². The second kappa shape index (κ2) is 8.36. The third-order valence-corrected chi connectivity index (χ3v) is 7.82. The molecule has 3 aromatic rings. The van der Waals surface area contributed by atoms with E-state index in [1.807, 2.05) is 42.7 Å². The minimum absolute atomic E-state index is 0.0533. The first-order valence-electron chi connectivity index (χ1n) is 11.0. The van der Waals surface area contributed by atoms with E-state index in [1.54, 1.807) is 18.2 Å². The molecule has 1 heterocycles. The second-order valence-electron chi connectivity index (χ2n) is 9.03. The van der Waals surface area contributed by atoms with Crippen LogP contribution in [-0.4, -0.2) is 22.1 Å². The van der Waals surface area contributed by atoms with Crippen molar-refractivity contribution in [2.75, 3.05) is 5.32 Å². The van der Waals surface area contributed by atoms with Crippen LogP contribution in [0, 0.1) is 23.1 Å². The second-order valence-corrected chi connectivity index (χ2v) is 9.89. The van der Waals surface area contributed by atoms with Crippen molar-refractivity contribution in [3.8, 4) is 11.3 Å². The number of aromatic nitrogens is 1. The molecule has 1 aromatic heterocycles. The summed E-state index contributed by atoms with van der Waals surface area (Å²) >= 11 is 1.36. The van der Waals surface area contributed by atoms with Gasteiger partial charge in [-0.25, -0.2) is 9.37 Å². The van der Waals surface area contributed by atoms with Gasteiger partial charge in [0, 0.05) is 22.2 Å². The first-order valence-corrected chi connectivity index (χ1v) is 11.9. The number of allylic oxidation sites excluding steroid dienone is 4. The number of hydrogen-bond donors (Lipinski definition) is 2. The fourth-order valence-electron chi connectivity index (χ4n) is 5.18. The lowest BCUT2D eigenvalue weighted by Crippen LogP contribution is -2.51. The average Bonchev–Trinajstić information content (AvgIpc) is 3.27. The third kappa shape index (κ3) is 3.73. The minimum Gasteiger partial charge on any atom is -0.392 e. The van der Waals surface area contributed by atoms with E-state index in [9.17, 15) is 14.3 Å². The Morgan fingerprint density at radius 1 is 1.30 bits per heavy atom. The number of halogens is 1. The number of anilines is 1. The number of amides is 1. The molecular weight excluding hydrogens is 435 g/mol. The summed E-state index contributed by atoms with van der Waals surface area (Å²) in [5.74, 6) is -0.477. The topological polar surface area (TPSA) is 62.2 Å². The molecule has 0 radical (unpaired) electrons. The summed E-state index contributed by atoms with van der Waals surface area (Å²) < 4.78 is 14.2. The summed E-state index contributed by atoms with van der Waals surface area (Å²) in [6, 6.07) is 10.5. The van der Waals surface area contributed by atoms with Gasteiger partial charge in [0.05, 0.1) is 17.2 Å².